The second-order valence-electron chi connectivity index (χ2n) is 2.26. The molecular formula is C6H10N2O2. The van der Waals surface area contributed by atoms with E-state index in [1.807, 2.05) is 0 Å². The smallest absolute Gasteiger partial charge is 0.266 e. The highest BCUT2D eigenvalue weighted by atomic mass is 16.3. The molecule has 0 bridgehead atoms. The molecule has 0 aromatic carbocycles. The van der Waals surface area contributed by atoms with Crippen LogP contribution < -0.4 is 5.56 Å². The van der Waals surface area contributed by atoms with Gasteiger partial charge in [-0.25, -0.2) is 0 Å². The summed E-state index contributed by atoms with van der Waals surface area (Å²) < 4.78 is 1.35. The largest absolute Gasteiger partial charge is 0.391 e. The number of aliphatic hydroxyl groups excluding tert-OH is 1. The highest BCUT2D eigenvalue weighted by molar-refractivity contribution is 4.80. The summed E-state index contributed by atoms with van der Waals surface area (Å²) in [5.74, 6) is 0. The van der Waals surface area contributed by atoms with Crippen LogP contribution in [0.1, 0.15) is 6.92 Å². The van der Waals surface area contributed by atoms with E-state index in [4.69, 9.17) is 5.11 Å². The molecule has 4 nitrogen and oxygen atoms in total. The van der Waals surface area contributed by atoms with Crippen LogP contribution in [0.25, 0.3) is 0 Å². The Morgan fingerprint density at radius 2 is 2.60 bits per heavy atom. The van der Waals surface area contributed by atoms with Gasteiger partial charge in [0.25, 0.3) is 5.56 Å². The number of H-pyrrole nitrogens is 1. The lowest BCUT2D eigenvalue weighted by atomic mass is 10.4. The first kappa shape index (κ1) is 7.08. The second-order valence-corrected chi connectivity index (χ2v) is 2.26. The number of nitrogens with zero attached hydrogens (tertiary/aromatic N) is 1. The Labute approximate surface area is 58.1 Å². The number of aromatic amines is 1. The van der Waals surface area contributed by atoms with Gasteiger partial charge in [-0.1, -0.05) is 0 Å². The van der Waals surface area contributed by atoms with Crippen LogP contribution in [-0.2, 0) is 6.54 Å². The van der Waals surface area contributed by atoms with E-state index in [0.29, 0.717) is 6.54 Å². The maximum atomic E-state index is 10.8. The van der Waals surface area contributed by atoms with Gasteiger partial charge >= 0.3 is 0 Å². The Kier molecular flexibility index (Phi) is 1.91. The van der Waals surface area contributed by atoms with Crippen molar-refractivity contribution in [3.05, 3.63) is 22.6 Å². The highest BCUT2D eigenvalue weighted by Gasteiger charge is 1.98. The number of aromatic nitrogens is 2. The Hall–Kier alpha value is -1.03. The summed E-state index contributed by atoms with van der Waals surface area (Å²) in [7, 11) is 0. The summed E-state index contributed by atoms with van der Waals surface area (Å²) >= 11 is 0. The molecule has 1 aromatic rings. The molecule has 1 unspecified atom stereocenters. The third kappa shape index (κ3) is 1.48. The van der Waals surface area contributed by atoms with Crippen LogP contribution in [0.5, 0.6) is 0 Å². The van der Waals surface area contributed by atoms with Gasteiger partial charge in [0, 0.05) is 12.3 Å². The lowest BCUT2D eigenvalue weighted by molar-refractivity contribution is 0.167. The standard InChI is InChI=1S/C6H10N2O2/c1-5(9)4-8-6(10)2-3-7-8/h2-3,5,7,9H,4H2,1H3. The maximum Gasteiger partial charge on any atom is 0.266 e. The fourth-order valence-electron chi connectivity index (χ4n) is 0.759. The number of aliphatic hydroxyl groups is 1. The van der Waals surface area contributed by atoms with Crippen LogP contribution in [-0.4, -0.2) is 21.0 Å². The topological polar surface area (TPSA) is 58.0 Å². The van der Waals surface area contributed by atoms with Gasteiger partial charge in [0.05, 0.1) is 12.6 Å². The van der Waals surface area contributed by atoms with Crippen molar-refractivity contribution in [3.63, 3.8) is 0 Å². The zero-order chi connectivity index (χ0) is 7.56. The first-order valence-corrected chi connectivity index (χ1v) is 3.12. The van der Waals surface area contributed by atoms with Crippen molar-refractivity contribution in [2.45, 2.75) is 19.6 Å². The van der Waals surface area contributed by atoms with E-state index in [1.165, 1.54) is 10.7 Å². The van der Waals surface area contributed by atoms with E-state index in [1.54, 1.807) is 13.1 Å². The molecule has 0 radical (unpaired) electrons. The third-order valence-corrected chi connectivity index (χ3v) is 1.17. The van der Waals surface area contributed by atoms with Crippen LogP contribution in [0.15, 0.2) is 17.1 Å². The van der Waals surface area contributed by atoms with E-state index >= 15 is 0 Å². The summed E-state index contributed by atoms with van der Waals surface area (Å²) in [6.07, 6.45) is 1.06. The van der Waals surface area contributed by atoms with E-state index in [-0.39, 0.29) is 5.56 Å². The third-order valence-electron chi connectivity index (χ3n) is 1.17. The summed E-state index contributed by atoms with van der Waals surface area (Å²) in [5, 5.41) is 11.5. The van der Waals surface area contributed by atoms with Crippen LogP contribution in [0.2, 0.25) is 0 Å². The first-order valence-electron chi connectivity index (χ1n) is 3.12. The number of nitrogens with one attached hydrogen (secondary N) is 1. The monoisotopic (exact) mass is 142 g/mol. The molecule has 0 saturated carbocycles. The first-order chi connectivity index (χ1) is 4.70. The molecule has 0 fully saturated rings. The minimum Gasteiger partial charge on any atom is -0.391 e. The van der Waals surface area contributed by atoms with Crippen molar-refractivity contribution in [2.75, 3.05) is 0 Å². The molecule has 0 amide bonds. The molecule has 0 aliphatic carbocycles. The number of hydrogen-bond donors (Lipinski definition) is 2. The molecule has 4 heteroatoms. The van der Waals surface area contributed by atoms with Gasteiger partial charge in [0.2, 0.25) is 0 Å². The fraction of sp³-hybridized carbons (Fsp3) is 0.500. The molecule has 2 N–H and O–H groups in total. The van der Waals surface area contributed by atoms with E-state index in [2.05, 4.69) is 5.10 Å². The van der Waals surface area contributed by atoms with Gasteiger partial charge in [-0.15, -0.1) is 0 Å². The van der Waals surface area contributed by atoms with E-state index < -0.39 is 6.10 Å². The van der Waals surface area contributed by atoms with Crippen molar-refractivity contribution in [1.82, 2.24) is 9.78 Å². The van der Waals surface area contributed by atoms with Gasteiger partial charge in [-0.2, -0.15) is 0 Å². The van der Waals surface area contributed by atoms with Crippen LogP contribution in [0, 0.1) is 0 Å². The molecule has 1 aromatic heterocycles. The average Bonchev–Trinajstić information content (AvgIpc) is 2.15. The van der Waals surface area contributed by atoms with Crippen LogP contribution in [0.4, 0.5) is 0 Å². The second kappa shape index (κ2) is 2.70. The summed E-state index contributed by atoms with van der Waals surface area (Å²) in [6, 6.07) is 1.42. The summed E-state index contributed by atoms with van der Waals surface area (Å²) in [5.41, 5.74) is -0.110. The number of hydrogen-bond acceptors (Lipinski definition) is 2. The van der Waals surface area contributed by atoms with Gasteiger partial charge < -0.3 is 10.2 Å². The number of rotatable bonds is 2. The molecule has 1 atom stereocenters. The summed E-state index contributed by atoms with van der Waals surface area (Å²) in [4.78, 5) is 10.8. The Bertz CT molecular complexity index is 248. The SMILES string of the molecule is CC(O)Cn1[nH]ccc1=O. The Morgan fingerprint density at radius 1 is 1.90 bits per heavy atom. The molecule has 0 saturated heterocycles. The minimum atomic E-state index is -0.489. The predicted octanol–water partition coefficient (Wildman–Crippen LogP) is -0.443. The maximum absolute atomic E-state index is 10.8. The van der Waals surface area contributed by atoms with Crippen LogP contribution >= 0.6 is 0 Å². The Morgan fingerprint density at radius 3 is 3.00 bits per heavy atom. The highest BCUT2D eigenvalue weighted by Crippen LogP contribution is 1.82. The quantitative estimate of drug-likeness (QED) is 0.588. The van der Waals surface area contributed by atoms with Gasteiger partial charge in [0.1, 0.15) is 0 Å². The normalized spacial score (nSPS) is 13.4. The lowest BCUT2D eigenvalue weighted by Crippen LogP contribution is -2.22. The zero-order valence-corrected chi connectivity index (χ0v) is 5.74. The Balaban J connectivity index is 2.75. The average molecular weight is 142 g/mol. The van der Waals surface area contributed by atoms with E-state index in [9.17, 15) is 4.79 Å². The zero-order valence-electron chi connectivity index (χ0n) is 5.74. The minimum absolute atomic E-state index is 0.110. The fourth-order valence-corrected chi connectivity index (χ4v) is 0.759. The molecule has 56 valence electrons. The van der Waals surface area contributed by atoms with Crippen molar-refractivity contribution >= 4 is 0 Å². The predicted molar refractivity (Wildman–Crippen MR) is 36.7 cm³/mol. The molecule has 1 rings (SSSR count). The molecule has 0 aliphatic heterocycles. The van der Waals surface area contributed by atoms with Crippen molar-refractivity contribution < 1.29 is 5.11 Å². The lowest BCUT2D eigenvalue weighted by Gasteiger charge is -2.02. The van der Waals surface area contributed by atoms with E-state index in [0.717, 1.165) is 0 Å². The molecular weight excluding hydrogens is 132 g/mol. The summed E-state index contributed by atoms with van der Waals surface area (Å²) in [6.45, 7) is 1.96. The van der Waals surface area contributed by atoms with Crippen molar-refractivity contribution in [3.8, 4) is 0 Å². The van der Waals surface area contributed by atoms with Crippen LogP contribution in [0.3, 0.4) is 0 Å². The van der Waals surface area contributed by atoms with Crippen molar-refractivity contribution in [2.24, 2.45) is 0 Å². The molecule has 0 spiro atoms. The molecule has 10 heavy (non-hydrogen) atoms. The van der Waals surface area contributed by atoms with Gasteiger partial charge in [-0.3, -0.25) is 9.48 Å². The van der Waals surface area contributed by atoms with Crippen molar-refractivity contribution in [1.29, 1.82) is 0 Å². The van der Waals surface area contributed by atoms with Gasteiger partial charge in [0.15, 0.2) is 0 Å². The molecule has 1 heterocycles. The van der Waals surface area contributed by atoms with Gasteiger partial charge in [-0.05, 0) is 6.92 Å². The molecule has 0 aliphatic rings.